The summed E-state index contributed by atoms with van der Waals surface area (Å²) in [6, 6.07) is 19.8. The first kappa shape index (κ1) is 18.2. The van der Waals surface area contributed by atoms with E-state index in [9.17, 15) is 0 Å². The molecule has 2 aliphatic carbocycles. The van der Waals surface area contributed by atoms with E-state index in [0.717, 1.165) is 11.5 Å². The van der Waals surface area contributed by atoms with E-state index in [1.807, 2.05) is 11.3 Å². The molecule has 0 radical (unpaired) electrons. The zero-order valence-corrected chi connectivity index (χ0v) is 19.0. The topological polar surface area (TPSA) is 12.0 Å². The van der Waals surface area contributed by atoms with Gasteiger partial charge in [-0.05, 0) is 64.4 Å². The van der Waals surface area contributed by atoms with Gasteiger partial charge in [0.2, 0.25) is 0 Å². The summed E-state index contributed by atoms with van der Waals surface area (Å²) in [7, 11) is -1.69. The lowest BCUT2D eigenvalue weighted by atomic mass is 9.79. The monoisotopic (exact) mass is 403 g/mol. The molecule has 0 aliphatic heterocycles. The summed E-state index contributed by atoms with van der Waals surface area (Å²) in [6.07, 6.45) is 5.00. The zero-order valence-electron chi connectivity index (χ0n) is 17.1. The lowest BCUT2D eigenvalue weighted by Gasteiger charge is -2.38. The molecule has 1 N–H and O–H groups in total. The highest BCUT2D eigenvalue weighted by Crippen LogP contribution is 2.62. The quantitative estimate of drug-likeness (QED) is 0.444. The molecule has 28 heavy (non-hydrogen) atoms. The molecule has 3 aromatic rings. The predicted octanol–water partition coefficient (Wildman–Crippen LogP) is 7.60. The molecule has 2 aliphatic rings. The molecule has 0 saturated heterocycles. The van der Waals surface area contributed by atoms with Crippen molar-refractivity contribution in [2.45, 2.75) is 38.4 Å². The third kappa shape index (κ3) is 2.71. The second-order valence-electron chi connectivity index (χ2n) is 9.30. The van der Waals surface area contributed by atoms with Gasteiger partial charge in [-0.1, -0.05) is 69.4 Å². The van der Waals surface area contributed by atoms with Crippen LogP contribution in [0, 0.1) is 17.8 Å². The van der Waals surface area contributed by atoms with Crippen LogP contribution in [0.15, 0.2) is 60.7 Å². The fourth-order valence-corrected chi connectivity index (χ4v) is 11.3. The summed E-state index contributed by atoms with van der Waals surface area (Å²) in [5.41, 5.74) is 3.65. The third-order valence-electron chi connectivity index (χ3n) is 7.33. The van der Waals surface area contributed by atoms with Gasteiger partial charge in [-0.2, -0.15) is 0 Å². The van der Waals surface area contributed by atoms with Gasteiger partial charge in [0, 0.05) is 15.3 Å². The molecule has 1 aromatic heterocycles. The van der Waals surface area contributed by atoms with Crippen LogP contribution in [-0.4, -0.2) is 8.24 Å². The zero-order chi connectivity index (χ0) is 19.5. The number of anilines is 1. The summed E-state index contributed by atoms with van der Waals surface area (Å²) in [6.45, 7) is 10.1. The molecule has 5 unspecified atom stereocenters. The number of nitrogens with one attached hydrogen (secondary N) is 1. The van der Waals surface area contributed by atoms with Gasteiger partial charge in [0.25, 0.3) is 0 Å². The number of benzene rings is 2. The van der Waals surface area contributed by atoms with E-state index in [1.54, 1.807) is 5.56 Å². The lowest BCUT2D eigenvalue weighted by Crippen LogP contribution is -2.45. The Labute approximate surface area is 173 Å². The highest BCUT2D eigenvalue weighted by atomic mass is 32.1. The molecule has 0 amide bonds. The van der Waals surface area contributed by atoms with Gasteiger partial charge in [0.05, 0.1) is 0 Å². The van der Waals surface area contributed by atoms with Crippen LogP contribution >= 0.6 is 11.3 Å². The third-order valence-corrected chi connectivity index (χ3v) is 12.0. The molecule has 1 heterocycles. The Balaban J connectivity index is 1.56. The van der Waals surface area contributed by atoms with Gasteiger partial charge >= 0.3 is 0 Å². The normalized spacial score (nSPS) is 28.9. The number of para-hydroxylation sites is 1. The number of hydrogen-bond acceptors (Lipinski definition) is 2. The van der Waals surface area contributed by atoms with Crippen molar-refractivity contribution in [2.75, 3.05) is 4.98 Å². The Morgan fingerprint density at radius 2 is 1.61 bits per heavy atom. The minimum Gasteiger partial charge on any atom is -0.410 e. The van der Waals surface area contributed by atoms with Gasteiger partial charge in [-0.15, -0.1) is 11.3 Å². The Kier molecular flexibility index (Phi) is 4.29. The van der Waals surface area contributed by atoms with Crippen LogP contribution in [0.2, 0.25) is 18.6 Å². The van der Waals surface area contributed by atoms with E-state index >= 15 is 0 Å². The molecule has 0 spiro atoms. The molecule has 1 fully saturated rings. The Bertz CT molecular complexity index is 1040. The van der Waals surface area contributed by atoms with Crippen molar-refractivity contribution in [2.24, 2.45) is 17.8 Å². The Morgan fingerprint density at radius 1 is 0.893 bits per heavy atom. The second kappa shape index (κ2) is 6.60. The minimum atomic E-state index is -1.69. The Hall–Kier alpha value is -1.84. The van der Waals surface area contributed by atoms with Crippen molar-refractivity contribution in [3.8, 4) is 0 Å². The highest BCUT2D eigenvalue weighted by molar-refractivity contribution is 7.20. The lowest BCUT2D eigenvalue weighted by molar-refractivity contribution is 0.417. The molecule has 5 rings (SSSR count). The minimum absolute atomic E-state index is 0.647. The molecule has 1 saturated carbocycles. The first-order chi connectivity index (χ1) is 13.5. The summed E-state index contributed by atoms with van der Waals surface area (Å²) >= 11 is 1.97. The fraction of sp³-hybridized carbons (Fsp3) is 0.360. The van der Waals surface area contributed by atoms with Crippen molar-refractivity contribution < 1.29 is 0 Å². The molecule has 1 nitrogen and oxygen atoms in total. The van der Waals surface area contributed by atoms with Crippen molar-refractivity contribution in [1.29, 1.82) is 0 Å². The first-order valence-corrected chi connectivity index (χ1v) is 14.4. The van der Waals surface area contributed by atoms with Gasteiger partial charge in [0.15, 0.2) is 8.24 Å². The molecule has 144 valence electrons. The van der Waals surface area contributed by atoms with Crippen molar-refractivity contribution in [3.63, 3.8) is 0 Å². The van der Waals surface area contributed by atoms with Crippen LogP contribution in [-0.2, 0) is 0 Å². The molecular formula is C25H29NSSi. The average Bonchev–Trinajstić information content (AvgIpc) is 3.18. The molecule has 3 heteroatoms. The van der Waals surface area contributed by atoms with E-state index in [1.165, 1.54) is 20.7 Å². The largest absolute Gasteiger partial charge is 0.410 e. The summed E-state index contributed by atoms with van der Waals surface area (Å²) in [4.78, 5) is 5.50. The number of allylic oxidation sites excluding steroid dienone is 1. The van der Waals surface area contributed by atoms with Crippen molar-refractivity contribution >= 4 is 41.4 Å². The predicted molar refractivity (Wildman–Crippen MR) is 127 cm³/mol. The van der Waals surface area contributed by atoms with E-state index in [-0.39, 0.29) is 0 Å². The van der Waals surface area contributed by atoms with Crippen LogP contribution < -0.4 is 4.98 Å². The van der Waals surface area contributed by atoms with Crippen LogP contribution in [0.1, 0.15) is 30.2 Å². The van der Waals surface area contributed by atoms with E-state index < -0.39 is 8.24 Å². The number of fused-ring (bicyclic) bond motifs is 5. The fourth-order valence-electron chi connectivity index (χ4n) is 6.14. The molecule has 0 bridgehead atoms. The smallest absolute Gasteiger partial charge is 0.151 e. The maximum atomic E-state index is 4.01. The average molecular weight is 404 g/mol. The van der Waals surface area contributed by atoms with Crippen molar-refractivity contribution in [1.82, 2.24) is 0 Å². The SMILES string of the molecule is CC1C(C)C([Si](C)(C)Nc2ccccc2)C2C=Cc3sc4ccccc4c3C12. The van der Waals surface area contributed by atoms with E-state index in [2.05, 4.69) is 98.7 Å². The maximum absolute atomic E-state index is 4.01. The first-order valence-electron chi connectivity index (χ1n) is 10.5. The van der Waals surface area contributed by atoms with Crippen LogP contribution in [0.5, 0.6) is 0 Å². The van der Waals surface area contributed by atoms with Crippen LogP contribution in [0.25, 0.3) is 16.2 Å². The summed E-state index contributed by atoms with van der Waals surface area (Å²) in [5.74, 6) is 2.73. The van der Waals surface area contributed by atoms with Gasteiger partial charge in [-0.3, -0.25) is 0 Å². The molecular weight excluding hydrogens is 374 g/mol. The molecule has 5 atom stereocenters. The highest BCUT2D eigenvalue weighted by Gasteiger charge is 2.54. The van der Waals surface area contributed by atoms with Crippen LogP contribution in [0.3, 0.4) is 0 Å². The van der Waals surface area contributed by atoms with Gasteiger partial charge in [0.1, 0.15) is 0 Å². The maximum Gasteiger partial charge on any atom is 0.151 e. The van der Waals surface area contributed by atoms with Crippen molar-refractivity contribution in [3.05, 3.63) is 71.1 Å². The van der Waals surface area contributed by atoms with Crippen LogP contribution in [0.4, 0.5) is 5.69 Å². The Morgan fingerprint density at radius 3 is 2.39 bits per heavy atom. The number of thiophene rings is 1. The molecule has 2 aromatic carbocycles. The number of rotatable bonds is 3. The van der Waals surface area contributed by atoms with E-state index in [4.69, 9.17) is 0 Å². The second-order valence-corrected chi connectivity index (χ2v) is 14.7. The summed E-state index contributed by atoms with van der Waals surface area (Å²) < 4.78 is 1.44. The van der Waals surface area contributed by atoms with E-state index in [0.29, 0.717) is 17.8 Å². The van der Waals surface area contributed by atoms with Gasteiger partial charge < -0.3 is 4.98 Å². The standard InChI is InChI=1S/C25H29NSSi/c1-16-17(2)25(28(3,4)26-18-10-6-5-7-11-18)20-14-15-22-24(23(16)20)19-12-8-9-13-21(19)27-22/h5-17,20,23,25-26H,1-4H3. The summed E-state index contributed by atoms with van der Waals surface area (Å²) in [5, 5.41) is 1.50. The van der Waals surface area contributed by atoms with Gasteiger partial charge in [-0.25, -0.2) is 0 Å². The number of hydrogen-bond donors (Lipinski definition) is 1.